The van der Waals surface area contributed by atoms with E-state index in [1.54, 1.807) is 23.7 Å². The van der Waals surface area contributed by atoms with Crippen molar-refractivity contribution in [3.05, 3.63) is 250 Å². The van der Waals surface area contributed by atoms with Gasteiger partial charge in [0.25, 0.3) is 0 Å². The van der Waals surface area contributed by atoms with E-state index >= 15 is 0 Å². The molecule has 0 aliphatic carbocycles. The van der Waals surface area contributed by atoms with E-state index in [0.717, 1.165) is 71.0 Å². The fourth-order valence-electron chi connectivity index (χ4n) is 7.05. The van der Waals surface area contributed by atoms with Crippen LogP contribution in [0.3, 0.4) is 0 Å². The third-order valence-corrected chi connectivity index (χ3v) is 16.3. The van der Waals surface area contributed by atoms with E-state index in [2.05, 4.69) is 178 Å². The molecular weight excluding hydrogens is 1340 g/mol. The second-order valence-corrected chi connectivity index (χ2v) is 25.7. The summed E-state index contributed by atoms with van der Waals surface area (Å²) < 4.78 is 2.58. The predicted molar refractivity (Wildman–Crippen MR) is 359 cm³/mol. The SMILES string of the molecule is CCc1ccnc(-c2cc(CC)cc(Br)n2)c1.Cc1cc(/C=C/c2ccc(C)s2)ccn1.Cc1cc(/C=C/c2ccc(C)s2)ccn1.Cc1ccc(C(O)Cc2ccnc(Br)c2)s1.Cc1ccc(C=O)s1.Cc1ccnc(Br)c1.O=C=O.O=C=O. The number of thiophene rings is 4. The quantitative estimate of drug-likeness (QED) is 0.0957. The van der Waals surface area contributed by atoms with Crippen LogP contribution in [0.15, 0.2) is 166 Å². The fraction of sp³-hybridized carbons (Fsp3) is 0.197. The Morgan fingerprint density at radius 2 is 0.894 bits per heavy atom. The van der Waals surface area contributed by atoms with Crippen molar-refractivity contribution >= 4 is 136 Å². The minimum atomic E-state index is -0.423. The van der Waals surface area contributed by atoms with Crippen LogP contribution in [-0.4, -0.2) is 53.6 Å². The molecule has 1 unspecified atom stereocenters. The highest BCUT2D eigenvalue weighted by atomic mass is 79.9. The Morgan fingerprint density at radius 1 is 0.459 bits per heavy atom. The first-order valence-corrected chi connectivity index (χ1v) is 31.8. The van der Waals surface area contributed by atoms with Crippen LogP contribution in [0.2, 0.25) is 0 Å². The molecule has 85 heavy (non-hydrogen) atoms. The average molecular weight is 1410 g/mol. The summed E-state index contributed by atoms with van der Waals surface area (Å²) in [6.07, 6.45) is 21.2. The van der Waals surface area contributed by atoms with Crippen molar-refractivity contribution in [1.29, 1.82) is 0 Å². The summed E-state index contributed by atoms with van der Waals surface area (Å²) in [6.45, 7) is 18.6. The number of carbonyl (C=O) groups excluding carboxylic acids is 5. The molecule has 10 rings (SSSR count). The van der Waals surface area contributed by atoms with Crippen LogP contribution in [0.4, 0.5) is 0 Å². The van der Waals surface area contributed by atoms with Gasteiger partial charge in [-0.15, -0.1) is 45.3 Å². The number of aliphatic hydroxyl groups excluding tert-OH is 1. The number of aliphatic hydroxyl groups is 1. The number of aldehydes is 1. The minimum absolute atomic E-state index is 0.250. The number of aromatic nitrogens is 6. The van der Waals surface area contributed by atoms with E-state index in [1.165, 1.54) is 68.4 Å². The van der Waals surface area contributed by atoms with Crippen molar-refractivity contribution in [2.75, 3.05) is 0 Å². The average Bonchev–Trinajstić information content (AvgIpc) is 4.50. The molecule has 0 aliphatic heterocycles. The van der Waals surface area contributed by atoms with Gasteiger partial charge in [-0.1, -0.05) is 26.0 Å². The fourth-order valence-corrected chi connectivity index (χ4v) is 11.5. The lowest BCUT2D eigenvalue weighted by Crippen LogP contribution is -1.99. The van der Waals surface area contributed by atoms with Crippen molar-refractivity contribution in [3.63, 3.8) is 0 Å². The van der Waals surface area contributed by atoms with Crippen LogP contribution >= 0.6 is 93.1 Å². The molecule has 10 aromatic heterocycles. The van der Waals surface area contributed by atoms with Crippen LogP contribution in [0.1, 0.15) is 109 Å². The molecular formula is C66H65Br3N6O6S4. The molecule has 19 heteroatoms. The minimum Gasteiger partial charge on any atom is -0.387 e. The van der Waals surface area contributed by atoms with E-state index in [0.29, 0.717) is 6.42 Å². The van der Waals surface area contributed by atoms with Crippen molar-refractivity contribution in [2.45, 2.75) is 87.7 Å². The first-order valence-electron chi connectivity index (χ1n) is 26.2. The zero-order chi connectivity index (χ0) is 62.5. The molecule has 0 saturated heterocycles. The van der Waals surface area contributed by atoms with Crippen molar-refractivity contribution in [3.8, 4) is 11.4 Å². The predicted octanol–water partition coefficient (Wildman–Crippen LogP) is 18.2. The second-order valence-electron chi connectivity index (χ2n) is 18.0. The molecule has 10 aromatic rings. The van der Waals surface area contributed by atoms with Crippen LogP contribution in [0.25, 0.3) is 35.7 Å². The molecule has 0 radical (unpaired) electrons. The summed E-state index contributed by atoms with van der Waals surface area (Å²) in [6, 6.07) is 40.6. The lowest BCUT2D eigenvalue weighted by Gasteiger charge is -2.08. The smallest absolute Gasteiger partial charge is 0.373 e. The van der Waals surface area contributed by atoms with E-state index in [9.17, 15) is 9.90 Å². The van der Waals surface area contributed by atoms with Gasteiger partial charge in [0, 0.05) is 82.9 Å². The van der Waals surface area contributed by atoms with Gasteiger partial charge in [-0.25, -0.2) is 15.0 Å². The molecule has 440 valence electrons. The summed E-state index contributed by atoms with van der Waals surface area (Å²) in [5.41, 5.74) is 11.3. The lowest BCUT2D eigenvalue weighted by atomic mass is 10.1. The maximum Gasteiger partial charge on any atom is 0.373 e. The largest absolute Gasteiger partial charge is 0.387 e. The topological polar surface area (TPSA) is 183 Å². The monoisotopic (exact) mass is 1400 g/mol. The Hall–Kier alpha value is -6.99. The highest BCUT2D eigenvalue weighted by Gasteiger charge is 2.11. The van der Waals surface area contributed by atoms with Crippen molar-refractivity contribution in [1.82, 2.24) is 29.9 Å². The molecule has 0 fully saturated rings. The lowest BCUT2D eigenvalue weighted by molar-refractivity contribution is -0.193. The first-order chi connectivity index (χ1) is 40.8. The highest BCUT2D eigenvalue weighted by molar-refractivity contribution is 9.11. The zero-order valence-corrected chi connectivity index (χ0v) is 56.5. The molecule has 0 saturated carbocycles. The zero-order valence-electron chi connectivity index (χ0n) is 48.5. The number of nitrogens with zero attached hydrogens (tertiary/aromatic N) is 6. The van der Waals surface area contributed by atoms with E-state index in [4.69, 9.17) is 19.2 Å². The second kappa shape index (κ2) is 41.1. The van der Waals surface area contributed by atoms with Crippen LogP contribution in [-0.2, 0) is 38.4 Å². The highest BCUT2D eigenvalue weighted by Crippen LogP contribution is 2.27. The third-order valence-electron chi connectivity index (χ3n) is 11.1. The maximum atomic E-state index is 10.1. The van der Waals surface area contributed by atoms with Gasteiger partial charge in [-0.2, -0.15) is 19.2 Å². The van der Waals surface area contributed by atoms with Gasteiger partial charge in [0.1, 0.15) is 13.8 Å². The van der Waals surface area contributed by atoms with Crippen LogP contribution < -0.4 is 0 Å². The molecule has 0 spiro atoms. The number of hydrogen-bond donors (Lipinski definition) is 1. The summed E-state index contributed by atoms with van der Waals surface area (Å²) in [5, 5.41) is 10.1. The van der Waals surface area contributed by atoms with Gasteiger partial charge < -0.3 is 5.11 Å². The number of halogens is 3. The van der Waals surface area contributed by atoms with Crippen LogP contribution in [0.5, 0.6) is 0 Å². The Kier molecular flexibility index (Phi) is 35.0. The van der Waals surface area contributed by atoms with E-state index in [-0.39, 0.29) is 12.3 Å². The summed E-state index contributed by atoms with van der Waals surface area (Å²) in [4.78, 5) is 77.3. The van der Waals surface area contributed by atoms with Gasteiger partial charge in [-0.3, -0.25) is 19.7 Å². The van der Waals surface area contributed by atoms with E-state index in [1.807, 2.05) is 149 Å². The molecule has 1 atom stereocenters. The summed E-state index contributed by atoms with van der Waals surface area (Å²) in [7, 11) is 0. The molecule has 1 N–H and O–H groups in total. The van der Waals surface area contributed by atoms with Gasteiger partial charge in [0.15, 0.2) is 6.29 Å². The number of hydrogen-bond acceptors (Lipinski definition) is 16. The normalized spacial score (nSPS) is 10.3. The molecule has 0 bridgehead atoms. The first kappa shape index (κ1) is 72.3. The molecule has 0 aliphatic rings. The van der Waals surface area contributed by atoms with Gasteiger partial charge in [0.05, 0.1) is 22.4 Å². The molecule has 10 heterocycles. The number of aryl methyl sites for hydroxylation is 9. The molecule has 0 aromatic carbocycles. The third kappa shape index (κ3) is 30.6. The van der Waals surface area contributed by atoms with E-state index < -0.39 is 6.10 Å². The number of pyridine rings is 6. The van der Waals surface area contributed by atoms with Crippen LogP contribution in [0, 0.1) is 48.5 Å². The Bertz CT molecular complexity index is 3610. The maximum absolute atomic E-state index is 10.1. The van der Waals surface area contributed by atoms with Crippen molar-refractivity contribution < 1.29 is 29.1 Å². The number of carbonyl (C=O) groups is 1. The van der Waals surface area contributed by atoms with Gasteiger partial charge in [-0.05, 0) is 276 Å². The number of rotatable bonds is 11. The van der Waals surface area contributed by atoms with Crippen molar-refractivity contribution in [2.24, 2.45) is 0 Å². The summed E-state index contributed by atoms with van der Waals surface area (Å²) >= 11 is 16.8. The molecule has 0 amide bonds. The van der Waals surface area contributed by atoms with Gasteiger partial charge in [0.2, 0.25) is 0 Å². The Balaban J connectivity index is 0.000000266. The summed E-state index contributed by atoms with van der Waals surface area (Å²) in [5.74, 6) is 0. The standard InChI is InChI=1S/C14H15BrN2.2C13H13NS.C12H12BrNOS.C6H6BrN.C6H6OS.2CO2/c1-3-10-5-6-16-12(7-10)13-8-11(4-2)9-14(15)17-13;2*1-10-9-12(7-8-14-10)4-6-13-5-3-11(2)15-13;1-8-2-3-11(16-8)10(15)6-9-4-5-14-12(13)7-9;1-5-2-3-8-6(7)4-5;1-5-2-3-6(4-7)8-5;2*2-1-3/h5-9H,3-4H2,1-2H3;2*3-9H,1-2H3;2-5,7,10,15H,6H2,1H3;2*2-4H,1H3;;/b;2*6-4+;;;;;. The Morgan fingerprint density at radius 3 is 1.31 bits per heavy atom. The van der Waals surface area contributed by atoms with Gasteiger partial charge >= 0.3 is 12.3 Å². The Labute approximate surface area is 539 Å². The molecule has 12 nitrogen and oxygen atoms in total.